The van der Waals surface area contributed by atoms with Gasteiger partial charge in [-0.3, -0.25) is 9.59 Å². The van der Waals surface area contributed by atoms with Gasteiger partial charge < -0.3 is 9.84 Å². The number of methoxy groups -OCH3 is 1. The second-order valence-electron chi connectivity index (χ2n) is 7.88. The van der Waals surface area contributed by atoms with E-state index in [0.29, 0.717) is 12.2 Å². The van der Waals surface area contributed by atoms with Crippen molar-refractivity contribution in [1.29, 1.82) is 0 Å². The van der Waals surface area contributed by atoms with Crippen molar-refractivity contribution in [2.75, 3.05) is 7.11 Å². The van der Waals surface area contributed by atoms with Crippen molar-refractivity contribution in [3.05, 3.63) is 29.3 Å². The molecular weight excluding hydrogens is 304 g/mol. The van der Waals surface area contributed by atoms with Crippen LogP contribution in [0.2, 0.25) is 0 Å². The number of carbonyl (C=O) groups is 2. The van der Waals surface area contributed by atoms with Crippen LogP contribution in [0.15, 0.2) is 18.2 Å². The quantitative estimate of drug-likeness (QED) is 0.923. The maximum Gasteiger partial charge on any atom is 0.163 e. The highest BCUT2D eigenvalue weighted by molar-refractivity contribution is 6.00. The molecule has 0 bridgehead atoms. The van der Waals surface area contributed by atoms with Crippen molar-refractivity contribution in [1.82, 2.24) is 0 Å². The Morgan fingerprint density at radius 3 is 2.67 bits per heavy atom. The maximum atomic E-state index is 12.8. The van der Waals surface area contributed by atoms with Gasteiger partial charge in [0.2, 0.25) is 0 Å². The van der Waals surface area contributed by atoms with Gasteiger partial charge in [0.15, 0.2) is 11.6 Å². The largest absolute Gasteiger partial charge is 0.497 e. The lowest BCUT2D eigenvalue weighted by molar-refractivity contribution is -0.140. The van der Waals surface area contributed by atoms with Crippen LogP contribution in [0.4, 0.5) is 0 Å². The van der Waals surface area contributed by atoms with Crippen LogP contribution in [-0.4, -0.2) is 29.9 Å². The summed E-state index contributed by atoms with van der Waals surface area (Å²) in [4.78, 5) is 24.7. The number of ketones is 2. The number of Topliss-reactive ketones (excluding diaryl/α,β-unsaturated/α-hetero) is 2. The predicted octanol–water partition coefficient (Wildman–Crippen LogP) is 3.30. The van der Waals surface area contributed by atoms with Gasteiger partial charge in [0.05, 0.1) is 7.11 Å². The van der Waals surface area contributed by atoms with E-state index < -0.39 is 11.5 Å². The Morgan fingerprint density at radius 2 is 2.04 bits per heavy atom. The van der Waals surface area contributed by atoms with Gasteiger partial charge in [-0.1, -0.05) is 26.3 Å². The average Bonchev–Trinajstić information content (AvgIpc) is 2.56. The molecule has 130 valence electrons. The van der Waals surface area contributed by atoms with Gasteiger partial charge in [-0.2, -0.15) is 0 Å². The Balaban J connectivity index is 2.13. The fraction of sp³-hybridized carbons (Fsp3) is 0.600. The first-order valence-corrected chi connectivity index (χ1v) is 8.64. The molecule has 1 saturated carbocycles. The minimum atomic E-state index is -1.02. The first kappa shape index (κ1) is 17.2. The van der Waals surface area contributed by atoms with Gasteiger partial charge in [-0.05, 0) is 48.8 Å². The Bertz CT molecular complexity index is 695. The molecule has 0 spiro atoms. The molecule has 3 rings (SSSR count). The molecule has 1 aromatic carbocycles. The second-order valence-corrected chi connectivity index (χ2v) is 7.88. The molecule has 4 nitrogen and oxygen atoms in total. The van der Waals surface area contributed by atoms with Crippen LogP contribution in [0.25, 0.3) is 0 Å². The summed E-state index contributed by atoms with van der Waals surface area (Å²) in [5.41, 5.74) is 0.992. The lowest BCUT2D eigenvalue weighted by atomic mass is 9.48. The van der Waals surface area contributed by atoms with E-state index in [1.165, 1.54) is 6.92 Å². The van der Waals surface area contributed by atoms with E-state index in [1.54, 1.807) is 7.11 Å². The summed E-state index contributed by atoms with van der Waals surface area (Å²) in [7, 11) is 1.60. The van der Waals surface area contributed by atoms with E-state index in [0.717, 1.165) is 30.4 Å². The number of hydrogen-bond acceptors (Lipinski definition) is 4. The van der Waals surface area contributed by atoms with E-state index in [9.17, 15) is 14.7 Å². The summed E-state index contributed by atoms with van der Waals surface area (Å²) < 4.78 is 5.27. The third-order valence-corrected chi connectivity index (χ3v) is 6.52. The number of carbonyl (C=O) groups excluding carboxylic acids is 2. The zero-order chi connectivity index (χ0) is 17.7. The van der Waals surface area contributed by atoms with Crippen LogP contribution in [0.3, 0.4) is 0 Å². The molecule has 0 aliphatic heterocycles. The summed E-state index contributed by atoms with van der Waals surface area (Å²) >= 11 is 0. The Hall–Kier alpha value is -1.68. The highest BCUT2D eigenvalue weighted by Gasteiger charge is 2.56. The lowest BCUT2D eigenvalue weighted by Crippen LogP contribution is -2.56. The third kappa shape index (κ3) is 2.31. The molecule has 4 heteroatoms. The molecule has 0 radical (unpaired) electrons. The predicted molar refractivity (Wildman–Crippen MR) is 91.4 cm³/mol. The number of hydrogen-bond donors (Lipinski definition) is 1. The Labute approximate surface area is 143 Å². The number of aliphatic hydroxyl groups is 1. The molecule has 1 fully saturated rings. The molecule has 2 aliphatic carbocycles. The van der Waals surface area contributed by atoms with Crippen LogP contribution in [0, 0.1) is 11.3 Å². The van der Waals surface area contributed by atoms with Crippen molar-refractivity contribution < 1.29 is 19.4 Å². The minimum absolute atomic E-state index is 0.0361. The molecule has 2 aliphatic rings. The van der Waals surface area contributed by atoms with Crippen molar-refractivity contribution in [2.24, 2.45) is 11.3 Å². The van der Waals surface area contributed by atoms with Gasteiger partial charge in [-0.25, -0.2) is 0 Å². The number of rotatable bonds is 3. The van der Waals surface area contributed by atoms with Gasteiger partial charge in [0.25, 0.3) is 0 Å². The average molecular weight is 330 g/mol. The van der Waals surface area contributed by atoms with Crippen LogP contribution in [0.1, 0.15) is 62.4 Å². The number of aliphatic hydroxyl groups excluding tert-OH is 1. The van der Waals surface area contributed by atoms with E-state index in [1.807, 2.05) is 25.1 Å². The smallest absolute Gasteiger partial charge is 0.163 e. The second kappa shape index (κ2) is 5.69. The summed E-state index contributed by atoms with van der Waals surface area (Å²) in [6.45, 7) is 5.59. The SMILES string of the molecule is COc1ccc2c(c1)C(=O)C[C@H]1[C@](C)([C@H](O)C(C)=O)CCC[C@]21C. The number of benzene rings is 1. The standard InChI is InChI=1S/C20H26O4/c1-12(21)18(23)20(3)9-5-8-19(2)15-7-6-13(24-4)10-14(15)16(22)11-17(19)20/h6-7,10,17-18,23H,5,8-9,11H2,1-4H3/t17-,18-,19-,20-/m1/s1. The lowest BCUT2D eigenvalue weighted by Gasteiger charge is -2.56. The molecule has 1 aromatic rings. The van der Waals surface area contributed by atoms with E-state index >= 15 is 0 Å². The third-order valence-electron chi connectivity index (χ3n) is 6.52. The van der Waals surface area contributed by atoms with E-state index in [4.69, 9.17) is 4.74 Å². The zero-order valence-electron chi connectivity index (χ0n) is 14.9. The molecule has 0 unspecified atom stereocenters. The first-order valence-electron chi connectivity index (χ1n) is 8.64. The molecule has 1 N–H and O–H groups in total. The van der Waals surface area contributed by atoms with Gasteiger partial charge >= 0.3 is 0 Å². The monoisotopic (exact) mass is 330 g/mol. The highest BCUT2D eigenvalue weighted by Crippen LogP contribution is 2.58. The van der Waals surface area contributed by atoms with Gasteiger partial charge in [-0.15, -0.1) is 0 Å². The van der Waals surface area contributed by atoms with E-state index in [-0.39, 0.29) is 22.9 Å². The summed E-state index contributed by atoms with van der Waals surface area (Å²) in [5, 5.41) is 10.6. The summed E-state index contributed by atoms with van der Waals surface area (Å²) in [6, 6.07) is 5.71. The van der Waals surface area contributed by atoms with Crippen molar-refractivity contribution in [3.8, 4) is 5.75 Å². The fourth-order valence-corrected chi connectivity index (χ4v) is 5.16. The zero-order valence-corrected chi connectivity index (χ0v) is 14.9. The fourth-order valence-electron chi connectivity index (χ4n) is 5.16. The van der Waals surface area contributed by atoms with Crippen molar-refractivity contribution in [3.63, 3.8) is 0 Å². The van der Waals surface area contributed by atoms with Crippen molar-refractivity contribution in [2.45, 2.75) is 58.0 Å². The maximum absolute atomic E-state index is 12.8. The summed E-state index contributed by atoms with van der Waals surface area (Å²) in [6.07, 6.45) is 2.03. The van der Waals surface area contributed by atoms with E-state index in [2.05, 4.69) is 6.92 Å². The van der Waals surface area contributed by atoms with Crippen LogP contribution in [0.5, 0.6) is 5.75 Å². The molecule has 0 amide bonds. The van der Waals surface area contributed by atoms with Gasteiger partial charge in [0, 0.05) is 17.4 Å². The molecule has 4 atom stereocenters. The normalized spacial score (nSPS) is 33.4. The topological polar surface area (TPSA) is 63.6 Å². The van der Waals surface area contributed by atoms with Crippen LogP contribution < -0.4 is 4.74 Å². The molecular formula is C20H26O4. The first-order chi connectivity index (χ1) is 11.2. The molecule has 0 heterocycles. The van der Waals surface area contributed by atoms with Gasteiger partial charge in [0.1, 0.15) is 11.9 Å². The minimum Gasteiger partial charge on any atom is -0.497 e. The highest BCUT2D eigenvalue weighted by atomic mass is 16.5. The molecule has 0 saturated heterocycles. The molecule has 24 heavy (non-hydrogen) atoms. The van der Waals surface area contributed by atoms with Crippen LogP contribution >= 0.6 is 0 Å². The number of fused-ring (bicyclic) bond motifs is 3. The summed E-state index contributed by atoms with van der Waals surface area (Å²) in [5.74, 6) is 0.516. The molecule has 0 aromatic heterocycles. The van der Waals surface area contributed by atoms with Crippen LogP contribution in [-0.2, 0) is 10.2 Å². The Kier molecular flexibility index (Phi) is 4.07. The van der Waals surface area contributed by atoms with Crippen molar-refractivity contribution >= 4 is 11.6 Å². The number of ether oxygens (including phenoxy) is 1. The Morgan fingerprint density at radius 1 is 1.33 bits per heavy atom.